The van der Waals surface area contributed by atoms with Crippen LogP contribution < -0.4 is 0 Å². The minimum absolute atomic E-state index is 0.437. The van der Waals surface area contributed by atoms with Crippen LogP contribution in [0.2, 0.25) is 5.02 Å². The molecule has 0 aromatic heterocycles. The molecule has 0 aliphatic rings. The van der Waals surface area contributed by atoms with Gasteiger partial charge in [0, 0.05) is 36.3 Å². The Hall–Kier alpha value is -1.77. The molecule has 30 heavy (non-hydrogen) atoms. The first-order valence-electron chi connectivity index (χ1n) is 11.5. The SMILES string of the molecule is C=C(C(C)CN(CCC)CCCc1ccccc1)N(CCC)Cc1ccc(Cl)cc1. The Bertz CT molecular complexity index is 726. The van der Waals surface area contributed by atoms with Gasteiger partial charge in [0.1, 0.15) is 0 Å². The normalized spacial score (nSPS) is 12.2. The Morgan fingerprint density at radius 2 is 1.57 bits per heavy atom. The van der Waals surface area contributed by atoms with Gasteiger partial charge in [0.25, 0.3) is 0 Å². The minimum Gasteiger partial charge on any atom is -0.371 e. The van der Waals surface area contributed by atoms with Crippen LogP contribution in [-0.4, -0.2) is 36.0 Å². The fourth-order valence-electron chi connectivity index (χ4n) is 3.97. The molecule has 2 rings (SSSR count). The second-order valence-electron chi connectivity index (χ2n) is 8.33. The Balaban J connectivity index is 1.91. The van der Waals surface area contributed by atoms with Crippen LogP contribution in [0.5, 0.6) is 0 Å². The molecule has 0 fully saturated rings. The summed E-state index contributed by atoms with van der Waals surface area (Å²) in [5.41, 5.74) is 3.97. The van der Waals surface area contributed by atoms with Crippen molar-refractivity contribution < 1.29 is 0 Å². The summed E-state index contributed by atoms with van der Waals surface area (Å²) < 4.78 is 0. The van der Waals surface area contributed by atoms with Gasteiger partial charge in [0.05, 0.1) is 0 Å². The molecule has 0 heterocycles. The molecule has 2 aromatic carbocycles. The van der Waals surface area contributed by atoms with Crippen LogP contribution in [0.3, 0.4) is 0 Å². The number of hydrogen-bond acceptors (Lipinski definition) is 2. The highest BCUT2D eigenvalue weighted by Crippen LogP contribution is 2.20. The second-order valence-corrected chi connectivity index (χ2v) is 8.77. The fourth-order valence-corrected chi connectivity index (χ4v) is 4.10. The third-order valence-corrected chi connectivity index (χ3v) is 5.86. The van der Waals surface area contributed by atoms with Gasteiger partial charge in [-0.05, 0) is 62.0 Å². The lowest BCUT2D eigenvalue weighted by molar-refractivity contribution is 0.218. The van der Waals surface area contributed by atoms with Crippen molar-refractivity contribution in [3.05, 3.63) is 83.0 Å². The topological polar surface area (TPSA) is 6.48 Å². The standard InChI is InChI=1S/C27H39ClN2/c1-5-18-29(20-10-13-25-11-8-7-9-12-25)21-23(3)24(4)30(19-6-2)22-26-14-16-27(28)17-15-26/h7-9,11-12,14-17,23H,4-6,10,13,18-22H2,1-3H3. The molecule has 2 aromatic rings. The van der Waals surface area contributed by atoms with Gasteiger partial charge in [-0.25, -0.2) is 0 Å². The van der Waals surface area contributed by atoms with Gasteiger partial charge in [-0.2, -0.15) is 0 Å². The lowest BCUT2D eigenvalue weighted by Crippen LogP contribution is -2.35. The predicted molar refractivity (Wildman–Crippen MR) is 132 cm³/mol. The van der Waals surface area contributed by atoms with Crippen molar-refractivity contribution in [1.82, 2.24) is 9.80 Å². The average molecular weight is 427 g/mol. The van der Waals surface area contributed by atoms with Crippen LogP contribution in [0.4, 0.5) is 0 Å². The van der Waals surface area contributed by atoms with Crippen LogP contribution >= 0.6 is 11.6 Å². The van der Waals surface area contributed by atoms with Crippen LogP contribution in [0, 0.1) is 5.92 Å². The molecule has 0 aliphatic carbocycles. The van der Waals surface area contributed by atoms with Crippen molar-refractivity contribution in [2.75, 3.05) is 26.2 Å². The first-order valence-corrected chi connectivity index (χ1v) is 11.9. The lowest BCUT2D eigenvalue weighted by atomic mass is 10.0. The van der Waals surface area contributed by atoms with Gasteiger partial charge >= 0.3 is 0 Å². The van der Waals surface area contributed by atoms with Gasteiger partial charge < -0.3 is 9.80 Å². The molecule has 3 heteroatoms. The second kappa shape index (κ2) is 13.5. The Kier molecular flexibility index (Phi) is 11.0. The van der Waals surface area contributed by atoms with Crippen molar-refractivity contribution in [3.63, 3.8) is 0 Å². The van der Waals surface area contributed by atoms with E-state index in [1.54, 1.807) is 0 Å². The van der Waals surface area contributed by atoms with Crippen molar-refractivity contribution in [1.29, 1.82) is 0 Å². The first-order chi connectivity index (χ1) is 14.5. The van der Waals surface area contributed by atoms with E-state index < -0.39 is 0 Å². The summed E-state index contributed by atoms with van der Waals surface area (Å²) in [5.74, 6) is 0.437. The van der Waals surface area contributed by atoms with E-state index in [4.69, 9.17) is 11.6 Å². The zero-order valence-electron chi connectivity index (χ0n) is 19.1. The molecule has 0 radical (unpaired) electrons. The van der Waals surface area contributed by atoms with Crippen molar-refractivity contribution in [3.8, 4) is 0 Å². The maximum atomic E-state index is 6.05. The van der Waals surface area contributed by atoms with Crippen LogP contribution in [0.1, 0.15) is 51.2 Å². The van der Waals surface area contributed by atoms with E-state index >= 15 is 0 Å². The van der Waals surface area contributed by atoms with E-state index in [2.05, 4.69) is 79.6 Å². The third-order valence-electron chi connectivity index (χ3n) is 5.61. The molecule has 1 atom stereocenters. The number of rotatable bonds is 14. The van der Waals surface area contributed by atoms with E-state index in [0.717, 1.165) is 50.6 Å². The van der Waals surface area contributed by atoms with Crippen LogP contribution in [0.15, 0.2) is 66.9 Å². The molecule has 0 bridgehead atoms. The predicted octanol–water partition coefficient (Wildman–Crippen LogP) is 7.05. The fraction of sp³-hybridized carbons (Fsp3) is 0.481. The monoisotopic (exact) mass is 426 g/mol. The van der Waals surface area contributed by atoms with Crippen LogP contribution in [-0.2, 0) is 13.0 Å². The smallest absolute Gasteiger partial charge is 0.0426 e. The molecule has 0 aliphatic heterocycles. The van der Waals surface area contributed by atoms with Gasteiger partial charge in [-0.1, -0.05) is 81.4 Å². The summed E-state index contributed by atoms with van der Waals surface area (Å²) in [6, 6.07) is 19.0. The molecule has 0 spiro atoms. The minimum atomic E-state index is 0.437. The van der Waals surface area contributed by atoms with E-state index in [1.807, 2.05) is 12.1 Å². The Labute approximate surface area is 189 Å². The van der Waals surface area contributed by atoms with Crippen molar-refractivity contribution in [2.45, 2.75) is 53.0 Å². The number of benzene rings is 2. The number of halogens is 1. The van der Waals surface area contributed by atoms with Gasteiger partial charge in [0.2, 0.25) is 0 Å². The Morgan fingerprint density at radius 3 is 2.20 bits per heavy atom. The largest absolute Gasteiger partial charge is 0.371 e. The summed E-state index contributed by atoms with van der Waals surface area (Å²) in [5, 5.41) is 0.790. The summed E-state index contributed by atoms with van der Waals surface area (Å²) in [4.78, 5) is 5.06. The highest BCUT2D eigenvalue weighted by molar-refractivity contribution is 6.30. The maximum Gasteiger partial charge on any atom is 0.0426 e. The summed E-state index contributed by atoms with van der Waals surface area (Å²) >= 11 is 6.05. The summed E-state index contributed by atoms with van der Waals surface area (Å²) in [6.45, 7) is 16.6. The quantitative estimate of drug-likeness (QED) is 0.319. The molecule has 0 saturated heterocycles. The highest BCUT2D eigenvalue weighted by atomic mass is 35.5. The lowest BCUT2D eigenvalue weighted by Gasteiger charge is -2.33. The number of hydrogen-bond donors (Lipinski definition) is 0. The number of nitrogens with zero attached hydrogens (tertiary/aromatic N) is 2. The molecular formula is C27H39ClN2. The molecule has 0 N–H and O–H groups in total. The van der Waals surface area contributed by atoms with E-state index in [1.165, 1.54) is 29.7 Å². The molecule has 164 valence electrons. The molecular weight excluding hydrogens is 388 g/mol. The average Bonchev–Trinajstić information content (AvgIpc) is 2.75. The number of aryl methyl sites for hydroxylation is 1. The van der Waals surface area contributed by atoms with Gasteiger partial charge in [-0.3, -0.25) is 0 Å². The van der Waals surface area contributed by atoms with Crippen molar-refractivity contribution in [2.24, 2.45) is 5.92 Å². The van der Waals surface area contributed by atoms with Crippen LogP contribution in [0.25, 0.3) is 0 Å². The Morgan fingerprint density at radius 1 is 0.900 bits per heavy atom. The van der Waals surface area contributed by atoms with Crippen molar-refractivity contribution >= 4 is 11.6 Å². The molecule has 0 saturated carbocycles. The first kappa shape index (κ1) is 24.5. The van der Waals surface area contributed by atoms with Gasteiger partial charge in [0.15, 0.2) is 0 Å². The van der Waals surface area contributed by atoms with Gasteiger partial charge in [-0.15, -0.1) is 0 Å². The zero-order valence-corrected chi connectivity index (χ0v) is 19.9. The zero-order chi connectivity index (χ0) is 21.8. The molecule has 1 unspecified atom stereocenters. The third kappa shape index (κ3) is 8.53. The summed E-state index contributed by atoms with van der Waals surface area (Å²) in [7, 11) is 0. The molecule has 0 amide bonds. The molecule has 2 nitrogen and oxygen atoms in total. The highest BCUT2D eigenvalue weighted by Gasteiger charge is 2.17. The van der Waals surface area contributed by atoms with E-state index in [0.29, 0.717) is 5.92 Å². The van der Waals surface area contributed by atoms with E-state index in [9.17, 15) is 0 Å². The van der Waals surface area contributed by atoms with E-state index in [-0.39, 0.29) is 0 Å². The summed E-state index contributed by atoms with van der Waals surface area (Å²) in [6.07, 6.45) is 4.66. The maximum absolute atomic E-state index is 6.05.